The summed E-state index contributed by atoms with van der Waals surface area (Å²) in [6.07, 6.45) is 18.8. The topological polar surface area (TPSA) is 98.7 Å². The van der Waals surface area contributed by atoms with Crippen LogP contribution in [0.3, 0.4) is 0 Å². The summed E-state index contributed by atoms with van der Waals surface area (Å²) in [6.45, 7) is 9.57. The first-order valence-electron chi connectivity index (χ1n) is 17.4. The number of nitrogens with zero attached hydrogens (tertiary/aromatic N) is 1. The standard InChI is InChI=1S/C35H61N3O3/c1-24(2)8-4-9-25(3)32-23-27-22-28(13-15-29(27)31-14-12-26-10-5-11-30(26)35(31)32)41-34(40)17-16-33(39)38(20-6-18-36)21-7-19-37/h23-26,28-32,35H,4-22,36-37H2,1-3H3/t25-,26?,28?,29?,30?,31?,32?,35?/m1/s1. The summed E-state index contributed by atoms with van der Waals surface area (Å²) < 4.78 is 6.03. The molecule has 6 heteroatoms. The smallest absolute Gasteiger partial charge is 0.306 e. The highest BCUT2D eigenvalue weighted by Gasteiger charge is 2.51. The van der Waals surface area contributed by atoms with Gasteiger partial charge >= 0.3 is 5.97 Å². The van der Waals surface area contributed by atoms with Gasteiger partial charge in [0, 0.05) is 25.9 Å². The summed E-state index contributed by atoms with van der Waals surface area (Å²) in [6, 6.07) is 0. The lowest BCUT2D eigenvalue weighted by molar-refractivity contribution is -0.152. The Hall–Kier alpha value is -1.40. The van der Waals surface area contributed by atoms with Crippen LogP contribution < -0.4 is 11.5 Å². The molecule has 4 rings (SSSR count). The molecule has 0 aromatic carbocycles. The number of hydrogen-bond donors (Lipinski definition) is 2. The zero-order valence-corrected chi connectivity index (χ0v) is 26.5. The lowest BCUT2D eigenvalue weighted by Gasteiger charge is -2.53. The number of fused-ring (bicyclic) bond motifs is 5. The van der Waals surface area contributed by atoms with Gasteiger partial charge in [0.2, 0.25) is 5.91 Å². The predicted octanol–water partition coefficient (Wildman–Crippen LogP) is 6.47. The van der Waals surface area contributed by atoms with Crippen molar-refractivity contribution in [1.29, 1.82) is 0 Å². The molecule has 0 aromatic heterocycles. The highest BCUT2D eigenvalue weighted by atomic mass is 16.5. The van der Waals surface area contributed by atoms with Crippen LogP contribution in [0.5, 0.6) is 0 Å². The summed E-state index contributed by atoms with van der Waals surface area (Å²) in [5, 5.41) is 0. The van der Waals surface area contributed by atoms with Crippen LogP contribution in [0.25, 0.3) is 0 Å². The zero-order valence-electron chi connectivity index (χ0n) is 26.5. The fourth-order valence-corrected chi connectivity index (χ4v) is 9.22. The van der Waals surface area contributed by atoms with Gasteiger partial charge in [0.15, 0.2) is 0 Å². The van der Waals surface area contributed by atoms with Gasteiger partial charge in [-0.05, 0) is 105 Å². The number of allylic oxidation sites excluding steroid dienone is 1. The van der Waals surface area contributed by atoms with Gasteiger partial charge in [-0.25, -0.2) is 0 Å². The molecule has 0 saturated heterocycles. The summed E-state index contributed by atoms with van der Waals surface area (Å²) in [4.78, 5) is 27.5. The molecular formula is C35H61N3O3. The maximum Gasteiger partial charge on any atom is 0.306 e. The van der Waals surface area contributed by atoms with Crippen LogP contribution in [0.2, 0.25) is 0 Å². The van der Waals surface area contributed by atoms with E-state index in [0.717, 1.165) is 67.6 Å². The molecular weight excluding hydrogens is 510 g/mol. The Labute approximate surface area is 250 Å². The molecule has 6 nitrogen and oxygen atoms in total. The second-order valence-electron chi connectivity index (χ2n) is 14.5. The molecule has 8 atom stereocenters. The Morgan fingerprint density at radius 3 is 2.37 bits per heavy atom. The molecule has 0 aromatic rings. The van der Waals surface area contributed by atoms with E-state index in [4.69, 9.17) is 16.2 Å². The first-order chi connectivity index (χ1) is 19.8. The van der Waals surface area contributed by atoms with Gasteiger partial charge in [0.25, 0.3) is 0 Å². The van der Waals surface area contributed by atoms with Crippen molar-refractivity contribution in [3.05, 3.63) is 11.6 Å². The number of carbonyl (C=O) groups excluding carboxylic acids is 2. The van der Waals surface area contributed by atoms with Gasteiger partial charge in [-0.1, -0.05) is 64.5 Å². The van der Waals surface area contributed by atoms with Crippen molar-refractivity contribution in [2.45, 2.75) is 123 Å². The Balaban J connectivity index is 1.37. The third-order valence-electron chi connectivity index (χ3n) is 11.2. The first kappa shape index (κ1) is 32.5. The van der Waals surface area contributed by atoms with Crippen LogP contribution >= 0.6 is 0 Å². The number of esters is 1. The monoisotopic (exact) mass is 571 g/mol. The number of rotatable bonds is 15. The molecule has 0 bridgehead atoms. The first-order valence-corrected chi connectivity index (χ1v) is 17.4. The molecule has 0 heterocycles. The van der Waals surface area contributed by atoms with Crippen LogP contribution in [-0.2, 0) is 14.3 Å². The van der Waals surface area contributed by atoms with E-state index in [1.54, 1.807) is 5.57 Å². The average Bonchev–Trinajstić information content (AvgIpc) is 3.44. The van der Waals surface area contributed by atoms with Crippen molar-refractivity contribution in [3.8, 4) is 0 Å². The third-order valence-corrected chi connectivity index (χ3v) is 11.2. The van der Waals surface area contributed by atoms with Crippen molar-refractivity contribution >= 4 is 11.9 Å². The van der Waals surface area contributed by atoms with Gasteiger partial charge in [-0.2, -0.15) is 0 Å². The van der Waals surface area contributed by atoms with Crippen LogP contribution in [0.4, 0.5) is 0 Å². The molecule has 3 saturated carbocycles. The molecule has 41 heavy (non-hydrogen) atoms. The Kier molecular flexibility index (Phi) is 12.6. The van der Waals surface area contributed by atoms with E-state index in [1.165, 1.54) is 51.4 Å². The lowest BCUT2D eigenvalue weighted by Crippen LogP contribution is -2.46. The number of ether oxygens (including phenoxy) is 1. The second-order valence-corrected chi connectivity index (χ2v) is 14.5. The third kappa shape index (κ3) is 8.59. The summed E-state index contributed by atoms with van der Waals surface area (Å²) in [5.41, 5.74) is 12.9. The van der Waals surface area contributed by atoms with Crippen molar-refractivity contribution in [1.82, 2.24) is 4.90 Å². The van der Waals surface area contributed by atoms with Gasteiger partial charge in [-0.3, -0.25) is 9.59 Å². The molecule has 4 N–H and O–H groups in total. The summed E-state index contributed by atoms with van der Waals surface area (Å²) in [7, 11) is 0. The minimum atomic E-state index is -0.223. The molecule has 4 aliphatic carbocycles. The van der Waals surface area contributed by atoms with E-state index in [-0.39, 0.29) is 30.8 Å². The molecule has 1 amide bonds. The molecule has 234 valence electrons. The number of hydrogen-bond acceptors (Lipinski definition) is 5. The number of carbonyl (C=O) groups is 2. The Bertz CT molecular complexity index is 865. The van der Waals surface area contributed by atoms with E-state index < -0.39 is 0 Å². The highest BCUT2D eigenvalue weighted by Crippen LogP contribution is 2.59. The van der Waals surface area contributed by atoms with E-state index in [9.17, 15) is 9.59 Å². The SMILES string of the molecule is CC(C)CCC[C@@H](C)C1C=C2CC(OC(=O)CCC(=O)N(CCCN)CCCN)CCC2C2CCC3CCCC3C21. The fraction of sp³-hybridized carbons (Fsp3) is 0.886. The minimum absolute atomic E-state index is 0.00500. The molecule has 4 aliphatic rings. The van der Waals surface area contributed by atoms with Crippen LogP contribution in [0.15, 0.2) is 11.6 Å². The Morgan fingerprint density at radius 1 is 0.902 bits per heavy atom. The quantitative estimate of drug-likeness (QED) is 0.173. The van der Waals surface area contributed by atoms with Gasteiger partial charge in [-0.15, -0.1) is 0 Å². The largest absolute Gasteiger partial charge is 0.462 e. The van der Waals surface area contributed by atoms with Crippen molar-refractivity contribution in [2.24, 2.45) is 58.8 Å². The van der Waals surface area contributed by atoms with Crippen LogP contribution in [-0.4, -0.2) is 49.1 Å². The van der Waals surface area contributed by atoms with Crippen molar-refractivity contribution in [3.63, 3.8) is 0 Å². The average molecular weight is 572 g/mol. The fourth-order valence-electron chi connectivity index (χ4n) is 9.22. The van der Waals surface area contributed by atoms with E-state index in [2.05, 4.69) is 26.8 Å². The van der Waals surface area contributed by atoms with Gasteiger partial charge in [0.1, 0.15) is 6.10 Å². The van der Waals surface area contributed by atoms with Crippen LogP contribution in [0.1, 0.15) is 117 Å². The zero-order chi connectivity index (χ0) is 29.4. The van der Waals surface area contributed by atoms with Crippen LogP contribution in [0, 0.1) is 47.3 Å². The molecule has 0 radical (unpaired) electrons. The Morgan fingerprint density at radius 2 is 1.66 bits per heavy atom. The van der Waals surface area contributed by atoms with E-state index in [0.29, 0.717) is 38.0 Å². The highest BCUT2D eigenvalue weighted by molar-refractivity contribution is 5.81. The van der Waals surface area contributed by atoms with E-state index >= 15 is 0 Å². The molecule has 7 unspecified atom stereocenters. The summed E-state index contributed by atoms with van der Waals surface area (Å²) in [5.74, 6) is 6.26. The molecule has 0 spiro atoms. The minimum Gasteiger partial charge on any atom is -0.462 e. The lowest BCUT2D eigenvalue weighted by atomic mass is 9.52. The molecule has 0 aliphatic heterocycles. The van der Waals surface area contributed by atoms with E-state index in [1.807, 2.05) is 4.90 Å². The maximum atomic E-state index is 12.9. The molecule has 3 fully saturated rings. The van der Waals surface area contributed by atoms with Gasteiger partial charge < -0.3 is 21.1 Å². The predicted molar refractivity (Wildman–Crippen MR) is 167 cm³/mol. The number of nitrogens with two attached hydrogens (primary N) is 2. The normalized spacial score (nSPS) is 31.6. The second kappa shape index (κ2) is 15.9. The summed E-state index contributed by atoms with van der Waals surface area (Å²) >= 11 is 0. The maximum absolute atomic E-state index is 12.9. The van der Waals surface area contributed by atoms with Crippen molar-refractivity contribution < 1.29 is 14.3 Å². The van der Waals surface area contributed by atoms with Crippen molar-refractivity contribution in [2.75, 3.05) is 26.2 Å². The number of amides is 1. The van der Waals surface area contributed by atoms with Gasteiger partial charge in [0.05, 0.1) is 6.42 Å².